The summed E-state index contributed by atoms with van der Waals surface area (Å²) in [5.74, 6) is 0.238. The summed E-state index contributed by atoms with van der Waals surface area (Å²) < 4.78 is 0. The standard InChI is InChI=1S/C17H19N3O/c1-12(2)15-8-5-14(6-9-15)10-19-20-17(21)16-7-4-13(3)18-11-16/h4-12H,1-3H3,(H,20,21). The fraction of sp³-hybridized carbons (Fsp3) is 0.235. The highest BCUT2D eigenvalue weighted by Gasteiger charge is 2.03. The maximum Gasteiger partial charge on any atom is 0.272 e. The summed E-state index contributed by atoms with van der Waals surface area (Å²) in [6.07, 6.45) is 3.17. The molecule has 2 aromatic rings. The third-order valence-electron chi connectivity index (χ3n) is 3.16. The van der Waals surface area contributed by atoms with Crippen LogP contribution in [0.25, 0.3) is 0 Å². The van der Waals surface area contributed by atoms with E-state index < -0.39 is 0 Å². The van der Waals surface area contributed by atoms with Crippen LogP contribution in [0.1, 0.15) is 46.9 Å². The molecule has 0 fully saturated rings. The first kappa shape index (κ1) is 14.9. The van der Waals surface area contributed by atoms with E-state index in [2.05, 4.69) is 41.5 Å². The van der Waals surface area contributed by atoms with E-state index in [4.69, 9.17) is 0 Å². The Bertz CT molecular complexity index is 628. The van der Waals surface area contributed by atoms with Crippen molar-refractivity contribution in [3.63, 3.8) is 0 Å². The summed E-state index contributed by atoms with van der Waals surface area (Å²) in [6.45, 7) is 6.18. The number of aryl methyl sites for hydroxylation is 1. The Balaban J connectivity index is 1.95. The Morgan fingerprint density at radius 2 is 1.90 bits per heavy atom. The van der Waals surface area contributed by atoms with Crippen LogP contribution in [0.15, 0.2) is 47.7 Å². The highest BCUT2D eigenvalue weighted by atomic mass is 16.2. The van der Waals surface area contributed by atoms with E-state index in [0.717, 1.165) is 11.3 Å². The maximum atomic E-state index is 11.8. The lowest BCUT2D eigenvalue weighted by molar-refractivity contribution is 0.0955. The van der Waals surface area contributed by atoms with Crippen molar-refractivity contribution in [1.29, 1.82) is 0 Å². The van der Waals surface area contributed by atoms with Crippen molar-refractivity contribution in [2.24, 2.45) is 5.10 Å². The van der Waals surface area contributed by atoms with E-state index in [9.17, 15) is 4.79 Å². The van der Waals surface area contributed by atoms with Gasteiger partial charge in [-0.05, 0) is 36.1 Å². The Morgan fingerprint density at radius 1 is 1.19 bits per heavy atom. The smallest absolute Gasteiger partial charge is 0.267 e. The zero-order valence-electron chi connectivity index (χ0n) is 12.5. The van der Waals surface area contributed by atoms with Gasteiger partial charge in [0.2, 0.25) is 0 Å². The molecule has 1 N–H and O–H groups in total. The van der Waals surface area contributed by atoms with Crippen molar-refractivity contribution in [3.8, 4) is 0 Å². The van der Waals surface area contributed by atoms with Crippen LogP contribution in [0, 0.1) is 6.92 Å². The lowest BCUT2D eigenvalue weighted by atomic mass is 10.0. The molecule has 2 rings (SSSR count). The van der Waals surface area contributed by atoms with E-state index in [-0.39, 0.29) is 5.91 Å². The summed E-state index contributed by atoms with van der Waals surface area (Å²) in [5.41, 5.74) is 6.09. The quantitative estimate of drug-likeness (QED) is 0.690. The number of hydrogen-bond acceptors (Lipinski definition) is 3. The van der Waals surface area contributed by atoms with Crippen LogP contribution in [-0.4, -0.2) is 17.1 Å². The molecular formula is C17H19N3O. The average molecular weight is 281 g/mol. The molecule has 1 aromatic heterocycles. The minimum atomic E-state index is -0.266. The van der Waals surface area contributed by atoms with Crippen molar-refractivity contribution in [1.82, 2.24) is 10.4 Å². The van der Waals surface area contributed by atoms with Crippen molar-refractivity contribution in [2.45, 2.75) is 26.7 Å². The molecule has 1 amide bonds. The molecule has 21 heavy (non-hydrogen) atoms. The fourth-order valence-corrected chi connectivity index (χ4v) is 1.80. The molecule has 0 radical (unpaired) electrons. The number of benzene rings is 1. The monoisotopic (exact) mass is 281 g/mol. The molecular weight excluding hydrogens is 262 g/mol. The SMILES string of the molecule is Cc1ccc(C(=O)NN=Cc2ccc(C(C)C)cc2)cn1. The number of pyridine rings is 1. The first-order chi connectivity index (χ1) is 10.1. The molecule has 0 spiro atoms. The number of amides is 1. The second kappa shape index (κ2) is 6.79. The molecule has 0 aliphatic carbocycles. The number of hydrazone groups is 1. The third kappa shape index (κ3) is 4.24. The van der Waals surface area contributed by atoms with Gasteiger partial charge in [0.05, 0.1) is 11.8 Å². The van der Waals surface area contributed by atoms with Crippen LogP contribution in [0.5, 0.6) is 0 Å². The fourth-order valence-electron chi connectivity index (χ4n) is 1.80. The van der Waals surface area contributed by atoms with Gasteiger partial charge in [-0.3, -0.25) is 9.78 Å². The first-order valence-electron chi connectivity index (χ1n) is 6.92. The third-order valence-corrected chi connectivity index (χ3v) is 3.16. The van der Waals surface area contributed by atoms with Gasteiger partial charge in [0, 0.05) is 11.9 Å². The van der Waals surface area contributed by atoms with Crippen molar-refractivity contribution >= 4 is 12.1 Å². The maximum absolute atomic E-state index is 11.8. The van der Waals surface area contributed by atoms with Crippen LogP contribution in [0.2, 0.25) is 0 Å². The Kier molecular flexibility index (Phi) is 4.82. The van der Waals surface area contributed by atoms with Gasteiger partial charge < -0.3 is 0 Å². The second-order valence-electron chi connectivity index (χ2n) is 5.21. The van der Waals surface area contributed by atoms with Crippen molar-refractivity contribution < 1.29 is 4.79 Å². The van der Waals surface area contributed by atoms with Crippen molar-refractivity contribution in [2.75, 3.05) is 0 Å². The van der Waals surface area contributed by atoms with Gasteiger partial charge >= 0.3 is 0 Å². The summed E-state index contributed by atoms with van der Waals surface area (Å²) in [5, 5.41) is 3.96. The summed E-state index contributed by atoms with van der Waals surface area (Å²) in [7, 11) is 0. The number of carbonyl (C=O) groups is 1. The van der Waals surface area contributed by atoms with Gasteiger partial charge in [0.25, 0.3) is 5.91 Å². The van der Waals surface area contributed by atoms with Gasteiger partial charge in [0.1, 0.15) is 0 Å². The predicted molar refractivity (Wildman–Crippen MR) is 84.6 cm³/mol. The Morgan fingerprint density at radius 3 is 2.48 bits per heavy atom. The molecule has 0 aliphatic rings. The Labute approximate surface area is 124 Å². The van der Waals surface area contributed by atoms with Gasteiger partial charge in [-0.2, -0.15) is 5.10 Å². The van der Waals surface area contributed by atoms with Gasteiger partial charge in [0.15, 0.2) is 0 Å². The van der Waals surface area contributed by atoms with E-state index in [1.807, 2.05) is 19.1 Å². The van der Waals surface area contributed by atoms with Crippen LogP contribution in [-0.2, 0) is 0 Å². The molecule has 4 nitrogen and oxygen atoms in total. The topological polar surface area (TPSA) is 54.4 Å². The van der Waals surface area contributed by atoms with Crippen LogP contribution in [0.3, 0.4) is 0 Å². The summed E-state index contributed by atoms with van der Waals surface area (Å²) >= 11 is 0. The highest BCUT2D eigenvalue weighted by Crippen LogP contribution is 2.13. The normalized spacial score (nSPS) is 11.0. The first-order valence-corrected chi connectivity index (χ1v) is 6.92. The minimum Gasteiger partial charge on any atom is -0.267 e. The van der Waals surface area contributed by atoms with Crippen molar-refractivity contribution in [3.05, 3.63) is 65.0 Å². The molecule has 0 saturated heterocycles. The molecule has 1 heterocycles. The number of nitrogens with one attached hydrogen (secondary N) is 1. The average Bonchev–Trinajstić information content (AvgIpc) is 2.48. The number of nitrogens with zero attached hydrogens (tertiary/aromatic N) is 2. The molecule has 0 bridgehead atoms. The van der Waals surface area contributed by atoms with E-state index in [0.29, 0.717) is 11.5 Å². The number of aromatic nitrogens is 1. The van der Waals surface area contributed by atoms with Gasteiger partial charge in [-0.1, -0.05) is 38.1 Å². The Hall–Kier alpha value is -2.49. The second-order valence-corrected chi connectivity index (χ2v) is 5.21. The molecule has 0 saturated carbocycles. The zero-order chi connectivity index (χ0) is 15.2. The van der Waals surface area contributed by atoms with E-state index in [1.54, 1.807) is 18.3 Å². The lowest BCUT2D eigenvalue weighted by Crippen LogP contribution is -2.17. The van der Waals surface area contributed by atoms with Gasteiger partial charge in [-0.25, -0.2) is 5.43 Å². The zero-order valence-corrected chi connectivity index (χ0v) is 12.5. The van der Waals surface area contributed by atoms with Crippen LogP contribution in [0.4, 0.5) is 0 Å². The van der Waals surface area contributed by atoms with Gasteiger partial charge in [-0.15, -0.1) is 0 Å². The number of hydrogen-bond donors (Lipinski definition) is 1. The lowest BCUT2D eigenvalue weighted by Gasteiger charge is -2.04. The summed E-state index contributed by atoms with van der Waals surface area (Å²) in [6, 6.07) is 11.6. The molecule has 0 aliphatic heterocycles. The van der Waals surface area contributed by atoms with Crippen LogP contribution >= 0.6 is 0 Å². The minimum absolute atomic E-state index is 0.266. The molecule has 108 valence electrons. The number of rotatable bonds is 4. The molecule has 1 aromatic carbocycles. The summed E-state index contributed by atoms with van der Waals surface area (Å²) in [4.78, 5) is 15.9. The molecule has 0 atom stereocenters. The van der Waals surface area contributed by atoms with E-state index >= 15 is 0 Å². The largest absolute Gasteiger partial charge is 0.272 e. The van der Waals surface area contributed by atoms with Crippen LogP contribution < -0.4 is 5.43 Å². The molecule has 4 heteroatoms. The predicted octanol–water partition coefficient (Wildman–Crippen LogP) is 3.28. The number of carbonyl (C=O) groups excluding carboxylic acids is 1. The molecule has 0 unspecified atom stereocenters. The van der Waals surface area contributed by atoms with E-state index in [1.165, 1.54) is 11.8 Å². The highest BCUT2D eigenvalue weighted by molar-refractivity contribution is 5.94.